The molecule has 0 aromatic heterocycles. The smallest absolute Gasteiger partial charge is 0.00498 e. The predicted octanol–water partition coefficient (Wildman–Crippen LogP) is 5.27. The van der Waals surface area contributed by atoms with Crippen molar-refractivity contribution in [1.29, 1.82) is 0 Å². The quantitative estimate of drug-likeness (QED) is 0.509. The molecule has 0 saturated heterocycles. The van der Waals surface area contributed by atoms with Gasteiger partial charge in [0.1, 0.15) is 0 Å². The first kappa shape index (κ1) is 13.1. The molecule has 0 aliphatic heterocycles. The maximum atomic E-state index is 3.82. The second-order valence-electron chi connectivity index (χ2n) is 4.54. The van der Waals surface area contributed by atoms with E-state index in [9.17, 15) is 0 Å². The van der Waals surface area contributed by atoms with E-state index in [0.717, 1.165) is 12.0 Å². The average molecular weight is 246 g/mol. The number of aryl methyl sites for hydroxylation is 1. The molecule has 2 aromatic carbocycles. The lowest BCUT2D eigenvalue weighted by atomic mass is 10.0. The highest BCUT2D eigenvalue weighted by molar-refractivity contribution is 5.70. The molecule has 0 heterocycles. The largest absolute Gasteiger partial charge is 0.116 e. The Balaban J connectivity index is 2.38. The second kappa shape index (κ2) is 6.58. The first-order valence-corrected chi connectivity index (χ1v) is 6.48. The standard InChI is InChI=1S/C19H18/c1-3-8-18(19-11-5-4-6-12-19)14-13-17-10-7-9-16(2)15-17/h3-7,9-13,15H,1,8H2,2H3. The van der Waals surface area contributed by atoms with Gasteiger partial charge in [0.05, 0.1) is 0 Å². The van der Waals surface area contributed by atoms with Crippen molar-refractivity contribution in [2.24, 2.45) is 0 Å². The summed E-state index contributed by atoms with van der Waals surface area (Å²) in [5, 5.41) is 0. The van der Waals surface area contributed by atoms with Gasteiger partial charge in [-0.25, -0.2) is 0 Å². The number of allylic oxidation sites excluding steroid dienone is 2. The average Bonchev–Trinajstić information content (AvgIpc) is 2.44. The molecule has 0 heteroatoms. The molecule has 2 rings (SSSR count). The fraction of sp³-hybridized carbons (Fsp3) is 0.105. The highest BCUT2D eigenvalue weighted by Crippen LogP contribution is 2.17. The minimum atomic E-state index is 0.826. The van der Waals surface area contributed by atoms with Crippen LogP contribution in [0.3, 0.4) is 0 Å². The molecule has 19 heavy (non-hydrogen) atoms. The van der Waals surface area contributed by atoms with E-state index in [1.807, 2.05) is 30.4 Å². The number of benzene rings is 2. The lowest BCUT2D eigenvalue weighted by Crippen LogP contribution is -1.80. The van der Waals surface area contributed by atoms with Gasteiger partial charge in [0.25, 0.3) is 0 Å². The highest BCUT2D eigenvalue weighted by atomic mass is 14.0. The predicted molar refractivity (Wildman–Crippen MR) is 83.8 cm³/mol. The van der Waals surface area contributed by atoms with Crippen LogP contribution < -0.4 is 0 Å². The lowest BCUT2D eigenvalue weighted by molar-refractivity contribution is 1.40. The molecular weight excluding hydrogens is 228 g/mol. The van der Waals surface area contributed by atoms with Crippen molar-refractivity contribution >= 4 is 11.6 Å². The van der Waals surface area contributed by atoms with Crippen molar-refractivity contribution in [2.75, 3.05) is 0 Å². The fourth-order valence-corrected chi connectivity index (χ4v) is 1.97. The molecule has 2 aromatic rings. The summed E-state index contributed by atoms with van der Waals surface area (Å²) in [7, 11) is 0. The Hall–Kier alpha value is -2.30. The van der Waals surface area contributed by atoms with Crippen molar-refractivity contribution < 1.29 is 0 Å². The zero-order valence-corrected chi connectivity index (χ0v) is 11.3. The Bertz CT molecular complexity index is 611. The molecule has 0 radical (unpaired) electrons. The topological polar surface area (TPSA) is 0 Å². The summed E-state index contributed by atoms with van der Waals surface area (Å²) in [6, 6.07) is 18.8. The van der Waals surface area contributed by atoms with Crippen LogP contribution in [0.15, 0.2) is 73.0 Å². The van der Waals surface area contributed by atoms with Crippen LogP contribution in [-0.4, -0.2) is 0 Å². The van der Waals surface area contributed by atoms with E-state index < -0.39 is 0 Å². The first-order valence-electron chi connectivity index (χ1n) is 6.48. The third kappa shape index (κ3) is 3.84. The van der Waals surface area contributed by atoms with Crippen LogP contribution in [0.5, 0.6) is 0 Å². The summed E-state index contributed by atoms with van der Waals surface area (Å²) in [6.45, 7) is 5.92. The van der Waals surface area contributed by atoms with Crippen LogP contribution in [0.1, 0.15) is 23.1 Å². The molecule has 0 spiro atoms. The van der Waals surface area contributed by atoms with Gasteiger partial charge in [-0.1, -0.05) is 66.2 Å². The zero-order valence-electron chi connectivity index (χ0n) is 11.3. The molecule has 0 fully saturated rings. The third-order valence-corrected chi connectivity index (χ3v) is 2.93. The molecule has 0 aliphatic carbocycles. The van der Waals surface area contributed by atoms with Crippen molar-refractivity contribution in [3.8, 4) is 0 Å². The van der Waals surface area contributed by atoms with E-state index in [1.54, 1.807) is 0 Å². The van der Waals surface area contributed by atoms with Crippen LogP contribution in [0.4, 0.5) is 0 Å². The monoisotopic (exact) mass is 246 g/mol. The lowest BCUT2D eigenvalue weighted by Gasteiger charge is -2.01. The van der Waals surface area contributed by atoms with E-state index in [4.69, 9.17) is 0 Å². The van der Waals surface area contributed by atoms with Crippen LogP contribution in [-0.2, 0) is 0 Å². The molecule has 0 atom stereocenters. The van der Waals surface area contributed by atoms with Gasteiger partial charge in [0.15, 0.2) is 0 Å². The SMILES string of the molecule is C=CCC(=C=Cc1cccc(C)c1)c1ccccc1. The van der Waals surface area contributed by atoms with E-state index in [2.05, 4.69) is 55.6 Å². The molecule has 0 unspecified atom stereocenters. The van der Waals surface area contributed by atoms with E-state index in [1.165, 1.54) is 16.7 Å². The summed E-state index contributed by atoms with van der Waals surface area (Å²) >= 11 is 0. The van der Waals surface area contributed by atoms with Crippen molar-refractivity contribution in [2.45, 2.75) is 13.3 Å². The van der Waals surface area contributed by atoms with E-state index >= 15 is 0 Å². The Morgan fingerprint density at radius 3 is 2.58 bits per heavy atom. The van der Waals surface area contributed by atoms with Gasteiger partial charge >= 0.3 is 0 Å². The minimum absolute atomic E-state index is 0.826. The van der Waals surface area contributed by atoms with E-state index in [-0.39, 0.29) is 0 Å². The summed E-state index contributed by atoms with van der Waals surface area (Å²) in [4.78, 5) is 0. The molecular formula is C19H18. The fourth-order valence-electron chi connectivity index (χ4n) is 1.97. The zero-order chi connectivity index (χ0) is 13.5. The number of hydrogen-bond acceptors (Lipinski definition) is 0. The van der Waals surface area contributed by atoms with E-state index in [0.29, 0.717) is 0 Å². The Kier molecular flexibility index (Phi) is 4.55. The first-order chi connectivity index (χ1) is 9.29. The summed E-state index contributed by atoms with van der Waals surface area (Å²) in [6.07, 6.45) is 4.78. The summed E-state index contributed by atoms with van der Waals surface area (Å²) in [5.41, 5.74) is 8.21. The second-order valence-corrected chi connectivity index (χ2v) is 4.54. The van der Waals surface area contributed by atoms with Gasteiger partial charge < -0.3 is 0 Å². The van der Waals surface area contributed by atoms with Crippen molar-refractivity contribution in [3.05, 3.63) is 89.7 Å². The van der Waals surface area contributed by atoms with Gasteiger partial charge in [0.2, 0.25) is 0 Å². The van der Waals surface area contributed by atoms with Gasteiger partial charge in [-0.05, 0) is 30.5 Å². The molecule has 0 bridgehead atoms. The van der Waals surface area contributed by atoms with Crippen molar-refractivity contribution in [3.63, 3.8) is 0 Å². The highest BCUT2D eigenvalue weighted by Gasteiger charge is 1.97. The van der Waals surface area contributed by atoms with Gasteiger partial charge in [-0.3, -0.25) is 0 Å². The Labute approximate surface area is 115 Å². The van der Waals surface area contributed by atoms with Crippen LogP contribution in [0, 0.1) is 6.92 Å². The molecule has 0 aliphatic rings. The molecule has 0 N–H and O–H groups in total. The molecule has 0 saturated carbocycles. The minimum Gasteiger partial charge on any atom is -0.116 e. The van der Waals surface area contributed by atoms with Crippen molar-refractivity contribution in [1.82, 2.24) is 0 Å². The Morgan fingerprint density at radius 2 is 1.89 bits per heavy atom. The summed E-state index contributed by atoms with van der Waals surface area (Å²) in [5.74, 6) is 0. The van der Waals surface area contributed by atoms with Gasteiger partial charge in [-0.2, -0.15) is 0 Å². The third-order valence-electron chi connectivity index (χ3n) is 2.93. The molecule has 94 valence electrons. The van der Waals surface area contributed by atoms with Crippen LogP contribution in [0.2, 0.25) is 0 Å². The molecule has 0 amide bonds. The Morgan fingerprint density at radius 1 is 1.11 bits per heavy atom. The maximum absolute atomic E-state index is 3.82. The van der Waals surface area contributed by atoms with Crippen LogP contribution >= 0.6 is 0 Å². The van der Waals surface area contributed by atoms with Gasteiger partial charge in [0, 0.05) is 5.57 Å². The maximum Gasteiger partial charge on any atom is 0.00498 e. The number of hydrogen-bond donors (Lipinski definition) is 0. The van der Waals surface area contributed by atoms with Crippen LogP contribution in [0.25, 0.3) is 11.6 Å². The van der Waals surface area contributed by atoms with Gasteiger partial charge in [-0.15, -0.1) is 12.3 Å². The number of rotatable bonds is 4. The normalized spacial score (nSPS) is 9.53. The summed E-state index contributed by atoms with van der Waals surface area (Å²) < 4.78 is 0. The molecule has 0 nitrogen and oxygen atoms in total.